The smallest absolute Gasteiger partial charge is 0.412 e. The molecule has 1 aromatic rings. The quantitative estimate of drug-likeness (QED) is 0.700. The fourth-order valence-electron chi connectivity index (χ4n) is 4.03. The van der Waals surface area contributed by atoms with Gasteiger partial charge in [-0.15, -0.1) is 0 Å². The van der Waals surface area contributed by atoms with Crippen molar-refractivity contribution >= 4 is 12.0 Å². The van der Waals surface area contributed by atoms with Gasteiger partial charge in [0.05, 0.1) is 21.3 Å². The van der Waals surface area contributed by atoms with Crippen LogP contribution in [0.3, 0.4) is 0 Å². The molecule has 1 fully saturated rings. The average molecular weight is 437 g/mol. The van der Waals surface area contributed by atoms with E-state index in [1.807, 2.05) is 41.5 Å². The van der Waals surface area contributed by atoms with Crippen LogP contribution in [0.5, 0.6) is 17.2 Å². The largest absolute Gasteiger partial charge is 0.493 e. The van der Waals surface area contributed by atoms with Crippen LogP contribution in [-0.2, 0) is 16.0 Å². The van der Waals surface area contributed by atoms with Gasteiger partial charge in [0.2, 0.25) is 11.7 Å². The number of rotatable bonds is 5. The zero-order valence-electron chi connectivity index (χ0n) is 20.4. The lowest BCUT2D eigenvalue weighted by Crippen LogP contribution is -2.52. The summed E-state index contributed by atoms with van der Waals surface area (Å²) < 4.78 is 21.9. The Balaban J connectivity index is 2.51. The predicted molar refractivity (Wildman–Crippen MR) is 118 cm³/mol. The van der Waals surface area contributed by atoms with Crippen LogP contribution in [0.25, 0.3) is 0 Å². The summed E-state index contributed by atoms with van der Waals surface area (Å²) in [5.74, 6) is 1.32. The summed E-state index contributed by atoms with van der Waals surface area (Å²) in [4.78, 5) is 29.7. The van der Waals surface area contributed by atoms with E-state index in [4.69, 9.17) is 18.9 Å². The molecule has 1 saturated heterocycles. The number of hydrogen-bond donors (Lipinski definition) is 0. The summed E-state index contributed by atoms with van der Waals surface area (Å²) in [7, 11) is 6.34. The number of methoxy groups -OCH3 is 3. The van der Waals surface area contributed by atoms with Gasteiger partial charge < -0.3 is 23.8 Å². The highest BCUT2D eigenvalue weighted by molar-refractivity contribution is 5.89. The zero-order valence-corrected chi connectivity index (χ0v) is 20.4. The Labute approximate surface area is 185 Å². The molecule has 1 heterocycles. The lowest BCUT2D eigenvalue weighted by atomic mass is 9.91. The second-order valence-corrected chi connectivity index (χ2v) is 9.83. The molecule has 1 aliphatic rings. The monoisotopic (exact) mass is 436 g/mol. The van der Waals surface area contributed by atoms with Gasteiger partial charge >= 0.3 is 6.09 Å². The standard InChI is InChI=1S/C23H36N2O6/c1-22(2,3)20-24(7)19(26)15(25(20)21(27)31-23(4,5)6)11-14-12-16(28-8)18(30-10)17(13-14)29-9/h12-13,15,20H,11H2,1-10H3/t15-,20-/m0/s1. The van der Waals surface area contributed by atoms with Crippen LogP contribution in [0.15, 0.2) is 12.1 Å². The Hall–Kier alpha value is -2.64. The molecule has 0 N–H and O–H groups in total. The van der Waals surface area contributed by atoms with Gasteiger partial charge in [0.15, 0.2) is 11.5 Å². The summed E-state index contributed by atoms with van der Waals surface area (Å²) in [6, 6.07) is 2.88. The number of hydrogen-bond acceptors (Lipinski definition) is 6. The van der Waals surface area contributed by atoms with E-state index in [1.165, 1.54) is 21.3 Å². The van der Waals surface area contributed by atoms with E-state index in [0.717, 1.165) is 5.56 Å². The number of carbonyl (C=O) groups is 2. The highest BCUT2D eigenvalue weighted by Gasteiger charge is 2.52. The molecule has 2 atom stereocenters. The predicted octanol–water partition coefficient (Wildman–Crippen LogP) is 3.70. The molecule has 0 spiro atoms. The number of carbonyl (C=O) groups excluding carboxylic acids is 2. The fraction of sp³-hybridized carbons (Fsp3) is 0.652. The minimum absolute atomic E-state index is 0.139. The topological polar surface area (TPSA) is 77.5 Å². The Morgan fingerprint density at radius 2 is 1.48 bits per heavy atom. The Morgan fingerprint density at radius 3 is 1.87 bits per heavy atom. The highest BCUT2D eigenvalue weighted by atomic mass is 16.6. The molecule has 0 aromatic heterocycles. The van der Waals surface area contributed by atoms with E-state index >= 15 is 0 Å². The summed E-state index contributed by atoms with van der Waals surface area (Å²) >= 11 is 0. The molecule has 31 heavy (non-hydrogen) atoms. The van der Waals surface area contributed by atoms with E-state index in [1.54, 1.807) is 29.0 Å². The Bertz CT molecular complexity index is 799. The van der Waals surface area contributed by atoms with Gasteiger partial charge in [0, 0.05) is 18.9 Å². The van der Waals surface area contributed by atoms with Crippen LogP contribution in [0.4, 0.5) is 4.79 Å². The first kappa shape index (κ1) is 24.6. The van der Waals surface area contributed by atoms with Crippen molar-refractivity contribution in [1.82, 2.24) is 9.80 Å². The SMILES string of the molecule is COc1cc(C[C@H]2C(=O)N(C)[C@H](C(C)(C)C)N2C(=O)OC(C)(C)C)cc(OC)c1OC. The molecule has 2 amide bonds. The van der Waals surface area contributed by atoms with E-state index in [2.05, 4.69) is 0 Å². The first-order chi connectivity index (χ1) is 14.2. The van der Waals surface area contributed by atoms with Crippen molar-refractivity contribution in [2.24, 2.45) is 5.41 Å². The van der Waals surface area contributed by atoms with Crippen LogP contribution < -0.4 is 14.2 Å². The Morgan fingerprint density at radius 1 is 0.968 bits per heavy atom. The molecule has 1 aliphatic heterocycles. The molecular formula is C23H36N2O6. The highest BCUT2D eigenvalue weighted by Crippen LogP contribution is 2.40. The maximum Gasteiger partial charge on any atom is 0.412 e. The van der Waals surface area contributed by atoms with Gasteiger partial charge in [-0.2, -0.15) is 0 Å². The Kier molecular flexibility index (Phi) is 7.03. The molecule has 0 unspecified atom stereocenters. The van der Waals surface area contributed by atoms with Crippen LogP contribution in [0.2, 0.25) is 0 Å². The van der Waals surface area contributed by atoms with E-state index < -0.39 is 23.9 Å². The third-order valence-electron chi connectivity index (χ3n) is 5.13. The van der Waals surface area contributed by atoms with Crippen molar-refractivity contribution in [3.63, 3.8) is 0 Å². The second kappa shape index (κ2) is 8.85. The molecule has 1 aromatic carbocycles. The molecule has 0 aliphatic carbocycles. The van der Waals surface area contributed by atoms with Crippen molar-refractivity contribution in [2.45, 2.75) is 65.8 Å². The molecule has 8 heteroatoms. The molecule has 2 rings (SSSR count). The molecule has 0 radical (unpaired) electrons. The molecule has 0 saturated carbocycles. The number of amides is 2. The van der Waals surface area contributed by atoms with Crippen LogP contribution in [-0.4, -0.2) is 68.0 Å². The van der Waals surface area contributed by atoms with E-state index in [-0.39, 0.29) is 17.7 Å². The summed E-state index contributed by atoms with van der Waals surface area (Å²) in [5, 5.41) is 0. The van der Waals surface area contributed by atoms with Gasteiger partial charge in [-0.25, -0.2) is 4.79 Å². The van der Waals surface area contributed by atoms with Crippen molar-refractivity contribution < 1.29 is 28.5 Å². The number of likely N-dealkylation sites (N-methyl/N-ethyl adjacent to an activating group) is 1. The summed E-state index contributed by atoms with van der Waals surface area (Å²) in [5.41, 5.74) is -0.268. The first-order valence-corrected chi connectivity index (χ1v) is 10.3. The average Bonchev–Trinajstić information content (AvgIpc) is 2.90. The van der Waals surface area contributed by atoms with Crippen LogP contribution in [0, 0.1) is 5.41 Å². The minimum Gasteiger partial charge on any atom is -0.493 e. The number of ether oxygens (including phenoxy) is 4. The maximum absolute atomic E-state index is 13.3. The van der Waals surface area contributed by atoms with Gasteiger partial charge in [-0.1, -0.05) is 20.8 Å². The molecule has 0 bridgehead atoms. The van der Waals surface area contributed by atoms with Crippen molar-refractivity contribution in [3.05, 3.63) is 17.7 Å². The summed E-state index contributed by atoms with van der Waals surface area (Å²) in [6.45, 7) is 11.4. The third-order valence-corrected chi connectivity index (χ3v) is 5.13. The lowest BCUT2D eigenvalue weighted by Gasteiger charge is -2.39. The van der Waals surface area contributed by atoms with E-state index in [9.17, 15) is 9.59 Å². The normalized spacial score (nSPS) is 19.5. The second-order valence-electron chi connectivity index (χ2n) is 9.83. The van der Waals surface area contributed by atoms with Crippen LogP contribution in [0.1, 0.15) is 47.1 Å². The lowest BCUT2D eigenvalue weighted by molar-refractivity contribution is -0.129. The molecular weight excluding hydrogens is 400 g/mol. The number of benzene rings is 1. The molecule has 8 nitrogen and oxygen atoms in total. The van der Waals surface area contributed by atoms with Crippen molar-refractivity contribution in [3.8, 4) is 17.2 Å². The third kappa shape index (κ3) is 5.17. The van der Waals surface area contributed by atoms with Gasteiger partial charge in [0.25, 0.3) is 0 Å². The maximum atomic E-state index is 13.3. The van der Waals surface area contributed by atoms with Crippen molar-refractivity contribution in [1.29, 1.82) is 0 Å². The van der Waals surface area contributed by atoms with Crippen molar-refractivity contribution in [2.75, 3.05) is 28.4 Å². The first-order valence-electron chi connectivity index (χ1n) is 10.3. The number of nitrogens with zero attached hydrogens (tertiary/aromatic N) is 2. The zero-order chi connectivity index (χ0) is 23.7. The van der Waals surface area contributed by atoms with Gasteiger partial charge in [0.1, 0.15) is 17.8 Å². The molecule has 174 valence electrons. The minimum atomic E-state index is -0.716. The van der Waals surface area contributed by atoms with E-state index in [0.29, 0.717) is 17.2 Å². The summed E-state index contributed by atoms with van der Waals surface area (Å²) in [6.07, 6.45) is -0.671. The van der Waals surface area contributed by atoms with Gasteiger partial charge in [-0.05, 0) is 38.5 Å². The van der Waals surface area contributed by atoms with Crippen LogP contribution >= 0.6 is 0 Å². The van der Waals surface area contributed by atoms with Gasteiger partial charge in [-0.3, -0.25) is 9.69 Å². The fourth-order valence-corrected chi connectivity index (χ4v) is 4.03.